The van der Waals surface area contributed by atoms with Gasteiger partial charge in [-0.1, -0.05) is 6.07 Å². The van der Waals surface area contributed by atoms with E-state index < -0.39 is 5.38 Å². The molecule has 1 unspecified atom stereocenters. The van der Waals surface area contributed by atoms with Gasteiger partial charge in [0.25, 0.3) is 0 Å². The molecule has 0 aromatic heterocycles. The molecule has 0 N–H and O–H groups in total. The average molecular weight is 215 g/mol. The molecule has 0 spiro atoms. The summed E-state index contributed by atoms with van der Waals surface area (Å²) in [6.07, 6.45) is 0. The van der Waals surface area contributed by atoms with Crippen LogP contribution in [0.3, 0.4) is 0 Å². The molecule has 1 aromatic carbocycles. The predicted octanol–water partition coefficient (Wildman–Crippen LogP) is 3.09. The lowest BCUT2D eigenvalue weighted by molar-refractivity contribution is 0.0991. The summed E-state index contributed by atoms with van der Waals surface area (Å²) in [6, 6.07) is 5.47. The standard InChI is InChI=1S/C10H11ClOS/c1-6-3-4-8(13)5-9(6)10(12)7(2)11/h3-5,7,13H,1-2H3. The molecule has 0 radical (unpaired) electrons. The van der Waals surface area contributed by atoms with Gasteiger partial charge in [0.15, 0.2) is 5.78 Å². The number of alkyl halides is 1. The predicted molar refractivity (Wildman–Crippen MR) is 58.1 cm³/mol. The molecule has 0 heterocycles. The van der Waals surface area contributed by atoms with Gasteiger partial charge in [0.2, 0.25) is 0 Å². The molecule has 0 fully saturated rings. The topological polar surface area (TPSA) is 17.1 Å². The van der Waals surface area contributed by atoms with E-state index in [2.05, 4.69) is 12.6 Å². The molecule has 0 aliphatic carbocycles. The van der Waals surface area contributed by atoms with Crippen LogP contribution < -0.4 is 0 Å². The number of halogens is 1. The first kappa shape index (κ1) is 10.6. The van der Waals surface area contributed by atoms with Gasteiger partial charge in [-0.05, 0) is 31.5 Å². The van der Waals surface area contributed by atoms with E-state index in [0.29, 0.717) is 5.56 Å². The Morgan fingerprint density at radius 1 is 1.54 bits per heavy atom. The monoisotopic (exact) mass is 214 g/mol. The van der Waals surface area contributed by atoms with Gasteiger partial charge in [0, 0.05) is 10.5 Å². The molecule has 1 aromatic rings. The van der Waals surface area contributed by atoms with Crippen LogP contribution in [0.5, 0.6) is 0 Å². The van der Waals surface area contributed by atoms with Crippen LogP contribution in [0.4, 0.5) is 0 Å². The van der Waals surface area contributed by atoms with E-state index in [0.717, 1.165) is 10.5 Å². The van der Waals surface area contributed by atoms with E-state index in [1.165, 1.54) is 0 Å². The number of Topliss-reactive ketones (excluding diaryl/α,β-unsaturated/α-hetero) is 1. The number of carbonyl (C=O) groups excluding carboxylic acids is 1. The normalized spacial score (nSPS) is 12.6. The van der Waals surface area contributed by atoms with E-state index in [1.807, 2.05) is 19.1 Å². The van der Waals surface area contributed by atoms with Crippen LogP contribution in [0.1, 0.15) is 22.8 Å². The average Bonchev–Trinajstić information content (AvgIpc) is 2.08. The summed E-state index contributed by atoms with van der Waals surface area (Å²) < 4.78 is 0. The highest BCUT2D eigenvalue weighted by Crippen LogP contribution is 2.17. The second-order valence-corrected chi connectivity index (χ2v) is 4.15. The number of aryl methyl sites for hydroxylation is 1. The largest absolute Gasteiger partial charge is 0.293 e. The zero-order chi connectivity index (χ0) is 10.0. The third-order valence-corrected chi connectivity index (χ3v) is 2.32. The molecular weight excluding hydrogens is 204 g/mol. The number of benzene rings is 1. The van der Waals surface area contributed by atoms with Crippen molar-refractivity contribution in [1.82, 2.24) is 0 Å². The first-order valence-electron chi connectivity index (χ1n) is 4.00. The fourth-order valence-corrected chi connectivity index (χ4v) is 1.41. The number of hydrogen-bond donors (Lipinski definition) is 1. The van der Waals surface area contributed by atoms with E-state index in [4.69, 9.17) is 11.6 Å². The minimum absolute atomic E-state index is 0.0462. The highest BCUT2D eigenvalue weighted by molar-refractivity contribution is 7.80. The molecule has 1 atom stereocenters. The van der Waals surface area contributed by atoms with Gasteiger partial charge in [0.05, 0.1) is 5.38 Å². The zero-order valence-corrected chi connectivity index (χ0v) is 9.19. The van der Waals surface area contributed by atoms with Gasteiger partial charge in [-0.3, -0.25) is 4.79 Å². The third-order valence-electron chi connectivity index (χ3n) is 1.85. The Kier molecular flexibility index (Phi) is 3.40. The molecule has 70 valence electrons. The van der Waals surface area contributed by atoms with Gasteiger partial charge in [-0.15, -0.1) is 24.2 Å². The van der Waals surface area contributed by atoms with Crippen LogP contribution in [-0.2, 0) is 0 Å². The van der Waals surface area contributed by atoms with E-state index in [9.17, 15) is 4.79 Å². The molecule has 3 heteroatoms. The summed E-state index contributed by atoms with van der Waals surface area (Å²) in [4.78, 5) is 12.3. The summed E-state index contributed by atoms with van der Waals surface area (Å²) in [7, 11) is 0. The maximum absolute atomic E-state index is 11.6. The number of ketones is 1. The summed E-state index contributed by atoms with van der Waals surface area (Å²) in [6.45, 7) is 3.56. The van der Waals surface area contributed by atoms with Crippen LogP contribution in [0.15, 0.2) is 23.1 Å². The second-order valence-electron chi connectivity index (χ2n) is 2.98. The number of thiol groups is 1. The summed E-state index contributed by atoms with van der Waals surface area (Å²) in [5.41, 5.74) is 1.60. The van der Waals surface area contributed by atoms with Crippen molar-refractivity contribution in [3.05, 3.63) is 29.3 Å². The Hall–Kier alpha value is -0.470. The number of rotatable bonds is 2. The Bertz CT molecular complexity index is 334. The van der Waals surface area contributed by atoms with Crippen molar-refractivity contribution in [2.24, 2.45) is 0 Å². The van der Waals surface area contributed by atoms with E-state index >= 15 is 0 Å². The summed E-state index contributed by atoms with van der Waals surface area (Å²) in [5.74, 6) is -0.0462. The number of carbonyl (C=O) groups is 1. The number of hydrogen-bond acceptors (Lipinski definition) is 2. The fraction of sp³-hybridized carbons (Fsp3) is 0.300. The first-order chi connectivity index (χ1) is 6.02. The smallest absolute Gasteiger partial charge is 0.180 e. The van der Waals surface area contributed by atoms with Crippen molar-refractivity contribution >= 4 is 30.0 Å². The van der Waals surface area contributed by atoms with E-state index in [-0.39, 0.29) is 5.78 Å². The van der Waals surface area contributed by atoms with Crippen LogP contribution in [0, 0.1) is 6.92 Å². The lowest BCUT2D eigenvalue weighted by atomic mass is 10.0. The third kappa shape index (κ3) is 2.48. The lowest BCUT2D eigenvalue weighted by Gasteiger charge is -2.06. The quantitative estimate of drug-likeness (QED) is 0.455. The van der Waals surface area contributed by atoms with Crippen molar-refractivity contribution < 1.29 is 4.79 Å². The minimum atomic E-state index is -0.478. The molecule has 0 saturated heterocycles. The molecule has 0 amide bonds. The molecule has 1 nitrogen and oxygen atoms in total. The highest BCUT2D eigenvalue weighted by Gasteiger charge is 2.14. The van der Waals surface area contributed by atoms with Crippen molar-refractivity contribution in [2.75, 3.05) is 0 Å². The molecule has 0 aliphatic rings. The van der Waals surface area contributed by atoms with Gasteiger partial charge in [0.1, 0.15) is 0 Å². The molecular formula is C10H11ClOS. The van der Waals surface area contributed by atoms with Crippen molar-refractivity contribution in [1.29, 1.82) is 0 Å². The van der Waals surface area contributed by atoms with Crippen molar-refractivity contribution in [2.45, 2.75) is 24.1 Å². The minimum Gasteiger partial charge on any atom is -0.293 e. The Morgan fingerprint density at radius 3 is 2.69 bits per heavy atom. The van der Waals surface area contributed by atoms with E-state index in [1.54, 1.807) is 13.0 Å². The SMILES string of the molecule is Cc1ccc(S)cc1C(=O)C(C)Cl. The Labute approximate surface area is 88.5 Å². The first-order valence-corrected chi connectivity index (χ1v) is 4.88. The maximum atomic E-state index is 11.6. The molecule has 13 heavy (non-hydrogen) atoms. The summed E-state index contributed by atoms with van der Waals surface area (Å²) >= 11 is 9.88. The summed E-state index contributed by atoms with van der Waals surface area (Å²) in [5, 5.41) is -0.478. The van der Waals surface area contributed by atoms with Crippen LogP contribution >= 0.6 is 24.2 Å². The molecule has 0 saturated carbocycles. The molecule has 0 aliphatic heterocycles. The molecule has 1 rings (SSSR count). The van der Waals surface area contributed by atoms with Crippen LogP contribution in [0.2, 0.25) is 0 Å². The zero-order valence-electron chi connectivity index (χ0n) is 7.54. The highest BCUT2D eigenvalue weighted by atomic mass is 35.5. The van der Waals surface area contributed by atoms with Crippen molar-refractivity contribution in [3.8, 4) is 0 Å². The van der Waals surface area contributed by atoms with Crippen molar-refractivity contribution in [3.63, 3.8) is 0 Å². The van der Waals surface area contributed by atoms with Crippen LogP contribution in [-0.4, -0.2) is 11.2 Å². The van der Waals surface area contributed by atoms with Gasteiger partial charge < -0.3 is 0 Å². The fourth-order valence-electron chi connectivity index (χ4n) is 1.09. The second kappa shape index (κ2) is 4.16. The van der Waals surface area contributed by atoms with Crippen LogP contribution in [0.25, 0.3) is 0 Å². The lowest BCUT2D eigenvalue weighted by Crippen LogP contribution is -2.11. The van der Waals surface area contributed by atoms with Gasteiger partial charge in [-0.25, -0.2) is 0 Å². The molecule has 0 bridgehead atoms. The Balaban J connectivity index is 3.13. The van der Waals surface area contributed by atoms with Gasteiger partial charge in [-0.2, -0.15) is 0 Å². The van der Waals surface area contributed by atoms with Gasteiger partial charge >= 0.3 is 0 Å². The maximum Gasteiger partial charge on any atom is 0.180 e. The Morgan fingerprint density at radius 2 is 2.15 bits per heavy atom.